The van der Waals surface area contributed by atoms with Crippen LogP contribution in [0.3, 0.4) is 0 Å². The molecule has 0 aliphatic carbocycles. The Bertz CT molecular complexity index is 355. The Hall–Kier alpha value is -0.280. The molecule has 0 amide bonds. The summed E-state index contributed by atoms with van der Waals surface area (Å²) in [6.45, 7) is 5.13. The van der Waals surface area contributed by atoms with Crippen molar-refractivity contribution in [1.82, 2.24) is 5.32 Å². The van der Waals surface area contributed by atoms with Gasteiger partial charge in [0.1, 0.15) is 0 Å². The van der Waals surface area contributed by atoms with Crippen LogP contribution < -0.4 is 5.32 Å². The first-order chi connectivity index (χ1) is 8.02. The van der Waals surface area contributed by atoms with Gasteiger partial charge in [-0.05, 0) is 30.0 Å². The molecule has 0 aliphatic heterocycles. The number of nitrogens with one attached hydrogen (secondary N) is 1. The first-order valence-electron chi connectivity index (χ1n) is 5.81. The summed E-state index contributed by atoms with van der Waals surface area (Å²) in [6.07, 6.45) is 0.956. The van der Waals surface area contributed by atoms with Crippen molar-refractivity contribution in [3.8, 4) is 0 Å². The number of rotatable bonds is 6. The van der Waals surface area contributed by atoms with E-state index in [4.69, 9.17) is 23.2 Å². The number of hydrogen-bond acceptors (Lipinski definition) is 2. The van der Waals surface area contributed by atoms with Crippen LogP contribution in [0.1, 0.15) is 25.8 Å². The second-order valence-corrected chi connectivity index (χ2v) is 5.45. The maximum atomic E-state index is 9.24. The molecular formula is C13H19Cl2NO. The van der Waals surface area contributed by atoms with Crippen molar-refractivity contribution in [3.05, 3.63) is 33.8 Å². The van der Waals surface area contributed by atoms with Crippen molar-refractivity contribution < 1.29 is 5.11 Å². The zero-order chi connectivity index (χ0) is 12.8. The van der Waals surface area contributed by atoms with Gasteiger partial charge in [0.05, 0.1) is 16.7 Å². The molecule has 0 aliphatic rings. The maximum absolute atomic E-state index is 9.24. The lowest BCUT2D eigenvalue weighted by Gasteiger charge is -2.18. The second-order valence-electron chi connectivity index (χ2n) is 4.64. The monoisotopic (exact) mass is 275 g/mol. The summed E-state index contributed by atoms with van der Waals surface area (Å²) in [4.78, 5) is 0. The normalized spacial score (nSPS) is 13.1. The molecule has 4 heteroatoms. The van der Waals surface area contributed by atoms with E-state index >= 15 is 0 Å². The van der Waals surface area contributed by atoms with Crippen molar-refractivity contribution in [3.63, 3.8) is 0 Å². The fourth-order valence-electron chi connectivity index (χ4n) is 1.70. The highest BCUT2D eigenvalue weighted by atomic mass is 35.5. The molecule has 96 valence electrons. The van der Waals surface area contributed by atoms with Crippen molar-refractivity contribution in [2.24, 2.45) is 5.92 Å². The fraction of sp³-hybridized carbons (Fsp3) is 0.538. The molecule has 1 unspecified atom stereocenters. The van der Waals surface area contributed by atoms with Gasteiger partial charge < -0.3 is 10.4 Å². The Morgan fingerprint density at radius 2 is 1.94 bits per heavy atom. The van der Waals surface area contributed by atoms with Gasteiger partial charge in [0.2, 0.25) is 0 Å². The van der Waals surface area contributed by atoms with Gasteiger partial charge in [0, 0.05) is 12.6 Å². The van der Waals surface area contributed by atoms with Gasteiger partial charge in [-0.2, -0.15) is 0 Å². The fourth-order valence-corrected chi connectivity index (χ4v) is 2.02. The Morgan fingerprint density at radius 1 is 1.24 bits per heavy atom. The minimum absolute atomic E-state index is 0.129. The van der Waals surface area contributed by atoms with Crippen molar-refractivity contribution >= 4 is 23.2 Å². The Balaban J connectivity index is 2.50. The van der Waals surface area contributed by atoms with E-state index < -0.39 is 0 Å². The lowest BCUT2D eigenvalue weighted by molar-refractivity contribution is 0.223. The van der Waals surface area contributed by atoms with Crippen LogP contribution in [-0.4, -0.2) is 17.8 Å². The molecule has 0 fully saturated rings. The third-order valence-electron chi connectivity index (χ3n) is 2.56. The standard InChI is InChI=1S/C13H19Cl2NO/c1-9(2)5-11(8-17)16-7-10-3-4-12(14)13(15)6-10/h3-4,6,9,11,16-17H,5,7-8H2,1-2H3. The summed E-state index contributed by atoms with van der Waals surface area (Å²) < 4.78 is 0. The van der Waals surface area contributed by atoms with E-state index in [0.717, 1.165) is 12.0 Å². The predicted molar refractivity (Wildman–Crippen MR) is 73.6 cm³/mol. The molecule has 0 saturated heterocycles. The molecule has 0 aromatic heterocycles. The van der Waals surface area contributed by atoms with E-state index in [-0.39, 0.29) is 12.6 Å². The SMILES string of the molecule is CC(C)CC(CO)NCc1ccc(Cl)c(Cl)c1. The molecular weight excluding hydrogens is 257 g/mol. The van der Waals surface area contributed by atoms with E-state index in [0.29, 0.717) is 22.5 Å². The third kappa shape index (κ3) is 5.26. The lowest BCUT2D eigenvalue weighted by Crippen LogP contribution is -2.33. The van der Waals surface area contributed by atoms with Crippen LogP contribution in [0.25, 0.3) is 0 Å². The van der Waals surface area contributed by atoms with Gasteiger partial charge in [-0.3, -0.25) is 0 Å². The number of benzene rings is 1. The smallest absolute Gasteiger partial charge is 0.0595 e. The van der Waals surface area contributed by atoms with Gasteiger partial charge in [0.15, 0.2) is 0 Å². The van der Waals surface area contributed by atoms with Crippen LogP contribution in [0.2, 0.25) is 10.0 Å². The number of aliphatic hydroxyl groups excluding tert-OH is 1. The number of halogens is 2. The molecule has 1 atom stereocenters. The molecule has 0 radical (unpaired) electrons. The zero-order valence-corrected chi connectivity index (χ0v) is 11.7. The summed E-state index contributed by atoms with van der Waals surface area (Å²) in [7, 11) is 0. The Labute approximate surface area is 113 Å². The molecule has 0 heterocycles. The lowest BCUT2D eigenvalue weighted by atomic mass is 10.0. The van der Waals surface area contributed by atoms with Crippen LogP contribution in [0.4, 0.5) is 0 Å². The highest BCUT2D eigenvalue weighted by Crippen LogP contribution is 2.22. The largest absolute Gasteiger partial charge is 0.395 e. The van der Waals surface area contributed by atoms with E-state index in [1.807, 2.05) is 12.1 Å². The van der Waals surface area contributed by atoms with Crippen LogP contribution in [0, 0.1) is 5.92 Å². The van der Waals surface area contributed by atoms with E-state index in [1.54, 1.807) is 6.07 Å². The van der Waals surface area contributed by atoms with Gasteiger partial charge in [0.25, 0.3) is 0 Å². The minimum Gasteiger partial charge on any atom is -0.395 e. The molecule has 0 saturated carbocycles. The second kappa shape index (κ2) is 7.22. The topological polar surface area (TPSA) is 32.3 Å². The Kier molecular flexibility index (Phi) is 6.28. The van der Waals surface area contributed by atoms with Gasteiger partial charge in [-0.25, -0.2) is 0 Å². The van der Waals surface area contributed by atoms with E-state index in [2.05, 4.69) is 19.2 Å². The molecule has 1 aromatic rings. The third-order valence-corrected chi connectivity index (χ3v) is 3.29. The maximum Gasteiger partial charge on any atom is 0.0595 e. The number of aliphatic hydroxyl groups is 1. The predicted octanol–water partition coefficient (Wildman–Crippen LogP) is 3.49. The van der Waals surface area contributed by atoms with Gasteiger partial charge in [-0.15, -0.1) is 0 Å². The highest BCUT2D eigenvalue weighted by Gasteiger charge is 2.09. The quantitative estimate of drug-likeness (QED) is 0.833. The van der Waals surface area contributed by atoms with E-state index in [9.17, 15) is 5.11 Å². The van der Waals surface area contributed by atoms with Crippen molar-refractivity contribution in [2.45, 2.75) is 32.9 Å². The summed E-state index contributed by atoms with van der Waals surface area (Å²) >= 11 is 11.8. The Morgan fingerprint density at radius 3 is 2.47 bits per heavy atom. The van der Waals surface area contributed by atoms with Gasteiger partial charge >= 0.3 is 0 Å². The van der Waals surface area contributed by atoms with Crippen LogP contribution in [0.15, 0.2) is 18.2 Å². The first-order valence-corrected chi connectivity index (χ1v) is 6.56. The van der Waals surface area contributed by atoms with E-state index in [1.165, 1.54) is 0 Å². The van der Waals surface area contributed by atoms with Crippen molar-refractivity contribution in [1.29, 1.82) is 0 Å². The summed E-state index contributed by atoms with van der Waals surface area (Å²) in [5.74, 6) is 0.563. The summed E-state index contributed by atoms with van der Waals surface area (Å²) in [5, 5.41) is 13.7. The highest BCUT2D eigenvalue weighted by molar-refractivity contribution is 6.42. The van der Waals surface area contributed by atoms with Crippen LogP contribution >= 0.6 is 23.2 Å². The van der Waals surface area contributed by atoms with Crippen LogP contribution in [0.5, 0.6) is 0 Å². The molecule has 2 nitrogen and oxygen atoms in total. The summed E-state index contributed by atoms with van der Waals surface area (Å²) in [6, 6.07) is 5.70. The minimum atomic E-state index is 0.129. The van der Waals surface area contributed by atoms with Gasteiger partial charge in [-0.1, -0.05) is 43.1 Å². The number of hydrogen-bond donors (Lipinski definition) is 2. The summed E-state index contributed by atoms with van der Waals surface area (Å²) in [5.41, 5.74) is 1.07. The zero-order valence-electron chi connectivity index (χ0n) is 10.2. The molecule has 1 rings (SSSR count). The molecule has 2 N–H and O–H groups in total. The molecule has 17 heavy (non-hydrogen) atoms. The molecule has 0 bridgehead atoms. The van der Waals surface area contributed by atoms with Crippen LogP contribution in [-0.2, 0) is 6.54 Å². The van der Waals surface area contributed by atoms with Crippen molar-refractivity contribution in [2.75, 3.05) is 6.61 Å². The average Bonchev–Trinajstić information content (AvgIpc) is 2.28. The average molecular weight is 276 g/mol. The first kappa shape index (κ1) is 14.8. The molecule has 1 aromatic carbocycles. The molecule has 0 spiro atoms.